The molecule has 2 atom stereocenters. The zero-order valence-corrected chi connectivity index (χ0v) is 15.8. The lowest BCUT2D eigenvalue weighted by molar-refractivity contribution is 0.0460. The number of nitrogens with one attached hydrogen (secondary N) is 1. The van der Waals surface area contributed by atoms with Gasteiger partial charge in [0.25, 0.3) is 0 Å². The van der Waals surface area contributed by atoms with Crippen LogP contribution in [0.25, 0.3) is 0 Å². The van der Waals surface area contributed by atoms with E-state index in [0.29, 0.717) is 18.4 Å². The van der Waals surface area contributed by atoms with Gasteiger partial charge >= 0.3 is 6.03 Å². The largest absolute Gasteiger partial charge is 0.338 e. The van der Waals surface area contributed by atoms with Crippen LogP contribution in [0.2, 0.25) is 0 Å². The Morgan fingerprint density at radius 1 is 1.15 bits per heavy atom. The van der Waals surface area contributed by atoms with E-state index in [1.54, 1.807) is 0 Å². The number of carbonyl (C=O) groups is 1. The number of hydrogen-bond donors (Lipinski definition) is 1. The molecule has 5 nitrogen and oxygen atoms in total. The molecule has 0 aromatic heterocycles. The topological polar surface area (TPSA) is 59.4 Å². The fourth-order valence-corrected chi connectivity index (χ4v) is 4.41. The van der Waals surface area contributed by atoms with Gasteiger partial charge in [0.2, 0.25) is 0 Å². The van der Waals surface area contributed by atoms with Crippen LogP contribution in [-0.2, 0) is 6.42 Å². The molecule has 0 radical (unpaired) electrons. The number of fused-ring (bicyclic) bond motifs is 2. The highest BCUT2D eigenvalue weighted by Crippen LogP contribution is 2.28. The van der Waals surface area contributed by atoms with Crippen LogP contribution in [0.3, 0.4) is 0 Å². The van der Waals surface area contributed by atoms with Gasteiger partial charge < -0.3 is 15.1 Å². The van der Waals surface area contributed by atoms with E-state index >= 15 is 0 Å². The Labute approximate surface area is 157 Å². The summed E-state index contributed by atoms with van der Waals surface area (Å²) in [4.78, 5) is 16.7. The molecule has 0 saturated carbocycles. The van der Waals surface area contributed by atoms with Gasteiger partial charge in [-0.25, -0.2) is 4.79 Å². The summed E-state index contributed by atoms with van der Waals surface area (Å²) in [6, 6.07) is 10.2. The third-order valence-electron chi connectivity index (χ3n) is 5.54. The third-order valence-corrected chi connectivity index (χ3v) is 5.54. The number of rotatable bonds is 6. The number of likely N-dealkylation sites (tertiary alicyclic amines) is 2. The van der Waals surface area contributed by atoms with E-state index in [9.17, 15) is 4.79 Å². The highest BCUT2D eigenvalue weighted by atomic mass is 16.2. The van der Waals surface area contributed by atoms with Crippen LogP contribution in [0, 0.1) is 23.2 Å². The van der Waals surface area contributed by atoms with Crippen LogP contribution >= 0.6 is 0 Å². The third kappa shape index (κ3) is 4.98. The Morgan fingerprint density at radius 2 is 1.85 bits per heavy atom. The first kappa shape index (κ1) is 18.7. The minimum absolute atomic E-state index is 0.109. The van der Waals surface area contributed by atoms with Crippen LogP contribution in [0.15, 0.2) is 24.3 Å². The van der Waals surface area contributed by atoms with Crippen molar-refractivity contribution in [1.82, 2.24) is 15.1 Å². The number of piperidine rings is 2. The molecular formula is C21H30N4O. The van der Waals surface area contributed by atoms with Gasteiger partial charge in [0.1, 0.15) is 0 Å². The highest BCUT2D eigenvalue weighted by Gasteiger charge is 2.35. The summed E-state index contributed by atoms with van der Waals surface area (Å²) in [7, 11) is 0. The summed E-state index contributed by atoms with van der Waals surface area (Å²) < 4.78 is 0. The molecular weight excluding hydrogens is 324 g/mol. The second kappa shape index (κ2) is 9.05. The lowest BCUT2D eigenvalue weighted by Gasteiger charge is -2.45. The molecule has 2 heterocycles. The van der Waals surface area contributed by atoms with Gasteiger partial charge in [-0.15, -0.1) is 0 Å². The fourth-order valence-electron chi connectivity index (χ4n) is 4.41. The number of urea groups is 1. The molecule has 3 rings (SSSR count). The summed E-state index contributed by atoms with van der Waals surface area (Å²) in [6.07, 6.45) is 4.75. The lowest BCUT2D eigenvalue weighted by atomic mass is 9.84. The number of carbonyl (C=O) groups excluding carboxylic acids is 1. The fraction of sp³-hybridized carbons (Fsp3) is 0.619. The summed E-state index contributed by atoms with van der Waals surface area (Å²) in [5.74, 6) is 1.26. The number of hydrogen-bond acceptors (Lipinski definition) is 3. The number of benzene rings is 1. The molecule has 2 bridgehead atoms. The van der Waals surface area contributed by atoms with Crippen molar-refractivity contribution < 1.29 is 4.79 Å². The molecule has 2 aliphatic heterocycles. The highest BCUT2D eigenvalue weighted by molar-refractivity contribution is 5.74. The second-order valence-corrected chi connectivity index (χ2v) is 7.73. The average Bonchev–Trinajstić information content (AvgIpc) is 2.65. The lowest BCUT2D eigenvalue weighted by Crippen LogP contribution is -2.56. The van der Waals surface area contributed by atoms with Crippen molar-refractivity contribution in [3.63, 3.8) is 0 Å². The first-order valence-corrected chi connectivity index (χ1v) is 9.92. The van der Waals surface area contributed by atoms with Gasteiger partial charge in [0.15, 0.2) is 0 Å². The van der Waals surface area contributed by atoms with Crippen LogP contribution in [0.4, 0.5) is 4.79 Å². The maximum Gasteiger partial charge on any atom is 0.317 e. The van der Waals surface area contributed by atoms with E-state index < -0.39 is 0 Å². The SMILES string of the molecule is CCNC(=O)N1CC2CC(CN(CCCCc3ccc(C#N)cc3)C2)C1. The van der Waals surface area contributed by atoms with Gasteiger partial charge in [-0.3, -0.25) is 0 Å². The van der Waals surface area contributed by atoms with Crippen molar-refractivity contribution in [2.75, 3.05) is 39.3 Å². The average molecular weight is 354 g/mol. The standard InChI is InChI=1S/C21H30N4O/c1-2-23-21(26)25-15-19-11-20(16-25)14-24(13-19)10-4-3-5-17-6-8-18(12-22)9-7-17/h6-9,19-20H,2-5,10-11,13-16H2,1H3,(H,23,26). The molecule has 140 valence electrons. The van der Waals surface area contributed by atoms with Gasteiger partial charge in [0, 0.05) is 32.7 Å². The predicted molar refractivity (Wildman–Crippen MR) is 103 cm³/mol. The molecule has 26 heavy (non-hydrogen) atoms. The van der Waals surface area contributed by atoms with Crippen molar-refractivity contribution in [1.29, 1.82) is 5.26 Å². The Balaban J connectivity index is 1.38. The number of amides is 2. The summed E-state index contributed by atoms with van der Waals surface area (Å²) in [5, 5.41) is 11.8. The molecule has 0 spiro atoms. The maximum absolute atomic E-state index is 12.1. The Kier molecular flexibility index (Phi) is 6.51. The smallest absolute Gasteiger partial charge is 0.317 e. The van der Waals surface area contributed by atoms with Gasteiger partial charge in [0.05, 0.1) is 11.6 Å². The molecule has 1 N–H and O–H groups in total. The minimum atomic E-state index is 0.109. The van der Waals surface area contributed by atoms with E-state index in [0.717, 1.165) is 44.7 Å². The first-order chi connectivity index (χ1) is 12.7. The minimum Gasteiger partial charge on any atom is -0.338 e. The van der Waals surface area contributed by atoms with E-state index in [-0.39, 0.29) is 6.03 Å². The van der Waals surface area contributed by atoms with Crippen molar-refractivity contribution in [3.8, 4) is 6.07 Å². The molecule has 1 aromatic carbocycles. The molecule has 2 aliphatic rings. The van der Waals surface area contributed by atoms with Gasteiger partial charge in [-0.2, -0.15) is 5.26 Å². The molecule has 5 heteroatoms. The predicted octanol–water partition coefficient (Wildman–Crippen LogP) is 2.86. The van der Waals surface area contributed by atoms with E-state index in [1.807, 2.05) is 24.0 Å². The number of unbranched alkanes of at least 4 members (excludes halogenated alkanes) is 1. The van der Waals surface area contributed by atoms with Crippen molar-refractivity contribution in [2.24, 2.45) is 11.8 Å². The zero-order valence-electron chi connectivity index (χ0n) is 15.8. The van der Waals surface area contributed by atoms with E-state index in [1.165, 1.54) is 24.8 Å². The van der Waals surface area contributed by atoms with Crippen LogP contribution in [0.1, 0.15) is 37.3 Å². The van der Waals surface area contributed by atoms with E-state index in [4.69, 9.17) is 5.26 Å². The number of nitriles is 1. The summed E-state index contributed by atoms with van der Waals surface area (Å²) >= 11 is 0. The first-order valence-electron chi connectivity index (χ1n) is 9.92. The molecule has 0 aliphatic carbocycles. The Hall–Kier alpha value is -2.06. The number of aryl methyl sites for hydroxylation is 1. The van der Waals surface area contributed by atoms with E-state index in [2.05, 4.69) is 28.4 Å². The number of nitrogens with zero attached hydrogens (tertiary/aromatic N) is 3. The Morgan fingerprint density at radius 3 is 2.46 bits per heavy atom. The van der Waals surface area contributed by atoms with Gasteiger partial charge in [-0.05, 0) is 68.7 Å². The zero-order chi connectivity index (χ0) is 18.4. The second-order valence-electron chi connectivity index (χ2n) is 7.73. The van der Waals surface area contributed by atoms with Crippen LogP contribution < -0.4 is 5.32 Å². The maximum atomic E-state index is 12.1. The molecule has 2 saturated heterocycles. The van der Waals surface area contributed by atoms with Crippen molar-refractivity contribution in [2.45, 2.75) is 32.6 Å². The Bertz CT molecular complexity index is 622. The van der Waals surface area contributed by atoms with Crippen molar-refractivity contribution >= 4 is 6.03 Å². The molecule has 2 fully saturated rings. The molecule has 2 amide bonds. The summed E-state index contributed by atoms with van der Waals surface area (Å²) in [5.41, 5.74) is 2.05. The molecule has 1 aromatic rings. The normalized spacial score (nSPS) is 22.7. The monoisotopic (exact) mass is 354 g/mol. The summed E-state index contributed by atoms with van der Waals surface area (Å²) in [6.45, 7) is 7.91. The van der Waals surface area contributed by atoms with Gasteiger partial charge in [-0.1, -0.05) is 12.1 Å². The quantitative estimate of drug-likeness (QED) is 0.799. The molecule has 2 unspecified atom stereocenters. The van der Waals surface area contributed by atoms with Crippen molar-refractivity contribution in [3.05, 3.63) is 35.4 Å². The van der Waals surface area contributed by atoms with Crippen LogP contribution in [-0.4, -0.2) is 55.1 Å². The van der Waals surface area contributed by atoms with Crippen LogP contribution in [0.5, 0.6) is 0 Å².